The van der Waals surface area contributed by atoms with Crippen LogP contribution in [0.1, 0.15) is 38.1 Å². The fourth-order valence-electron chi connectivity index (χ4n) is 2.48. The van der Waals surface area contributed by atoms with Crippen LogP contribution in [0.25, 0.3) is 0 Å². The number of halogens is 1. The van der Waals surface area contributed by atoms with Gasteiger partial charge in [0, 0.05) is 26.2 Å². The molecule has 0 saturated carbocycles. The SMILES string of the molecule is CC(C)N(C(=O)COC(=O)c1ccc(Cl)c(S(=O)(=O)N(C)C)c1)C(C)C. The number of nitrogens with zero attached hydrogens (tertiary/aromatic N) is 2. The third-order valence-electron chi connectivity index (χ3n) is 3.65. The van der Waals surface area contributed by atoms with Crippen LogP contribution in [-0.2, 0) is 19.6 Å². The number of amides is 1. The van der Waals surface area contributed by atoms with Crippen LogP contribution in [0.5, 0.6) is 0 Å². The van der Waals surface area contributed by atoms with Gasteiger partial charge in [-0.1, -0.05) is 11.6 Å². The van der Waals surface area contributed by atoms with E-state index < -0.39 is 22.6 Å². The molecule has 1 aromatic rings. The molecule has 0 aromatic heterocycles. The Balaban J connectivity index is 2.98. The van der Waals surface area contributed by atoms with Crippen LogP contribution < -0.4 is 0 Å². The van der Waals surface area contributed by atoms with Gasteiger partial charge in [0.25, 0.3) is 5.91 Å². The number of rotatable bonds is 7. The van der Waals surface area contributed by atoms with Crippen LogP contribution in [0.4, 0.5) is 0 Å². The van der Waals surface area contributed by atoms with Crippen molar-refractivity contribution in [3.05, 3.63) is 28.8 Å². The van der Waals surface area contributed by atoms with Gasteiger partial charge in [-0.2, -0.15) is 0 Å². The predicted octanol–water partition coefficient (Wildman–Crippen LogP) is 2.39. The fourth-order valence-corrected chi connectivity index (χ4v) is 3.88. The van der Waals surface area contributed by atoms with E-state index in [2.05, 4.69) is 0 Å². The summed E-state index contributed by atoms with van der Waals surface area (Å²) >= 11 is 5.95. The minimum Gasteiger partial charge on any atom is -0.452 e. The monoisotopic (exact) mass is 404 g/mol. The van der Waals surface area contributed by atoms with Crippen LogP contribution in [-0.4, -0.2) is 62.3 Å². The second kappa shape index (κ2) is 8.83. The fraction of sp³-hybridized carbons (Fsp3) is 0.529. The van der Waals surface area contributed by atoms with E-state index in [1.165, 1.54) is 26.2 Å². The van der Waals surface area contributed by atoms with E-state index in [1.54, 1.807) is 4.90 Å². The topological polar surface area (TPSA) is 84.0 Å². The van der Waals surface area contributed by atoms with Gasteiger partial charge in [0.05, 0.1) is 10.6 Å². The summed E-state index contributed by atoms with van der Waals surface area (Å²) < 4.78 is 30.6. The highest BCUT2D eigenvalue weighted by atomic mass is 35.5. The lowest BCUT2D eigenvalue weighted by molar-refractivity contribution is -0.138. The molecule has 0 aliphatic heterocycles. The van der Waals surface area contributed by atoms with Crippen LogP contribution in [0.2, 0.25) is 5.02 Å². The molecule has 1 amide bonds. The van der Waals surface area contributed by atoms with Crippen molar-refractivity contribution in [1.82, 2.24) is 9.21 Å². The summed E-state index contributed by atoms with van der Waals surface area (Å²) in [5, 5.41) is -0.00267. The van der Waals surface area contributed by atoms with Crippen LogP contribution in [0, 0.1) is 0 Å². The van der Waals surface area contributed by atoms with Crippen LogP contribution >= 0.6 is 11.6 Å². The van der Waals surface area contributed by atoms with E-state index in [4.69, 9.17) is 16.3 Å². The van der Waals surface area contributed by atoms with E-state index in [9.17, 15) is 18.0 Å². The first kappa shape index (κ1) is 22.4. The van der Waals surface area contributed by atoms with Crippen molar-refractivity contribution < 1.29 is 22.7 Å². The Morgan fingerprint density at radius 3 is 2.12 bits per heavy atom. The standard InChI is InChI=1S/C17H25ClN2O5S/c1-11(2)20(12(3)4)16(21)10-25-17(22)13-7-8-14(18)15(9-13)26(23,24)19(5)6/h7-9,11-12H,10H2,1-6H3. The van der Waals surface area contributed by atoms with E-state index in [-0.39, 0.29) is 33.5 Å². The molecule has 7 nitrogen and oxygen atoms in total. The quantitative estimate of drug-likeness (QED) is 0.651. The van der Waals surface area contributed by atoms with Crippen LogP contribution in [0.3, 0.4) is 0 Å². The van der Waals surface area contributed by atoms with Crippen LogP contribution in [0.15, 0.2) is 23.1 Å². The average molecular weight is 405 g/mol. The third kappa shape index (κ3) is 5.18. The summed E-state index contributed by atoms with van der Waals surface area (Å²) in [7, 11) is -1.09. The molecule has 0 fully saturated rings. The van der Waals surface area contributed by atoms with Crippen molar-refractivity contribution in [1.29, 1.82) is 0 Å². The van der Waals surface area contributed by atoms with Crippen molar-refractivity contribution in [2.75, 3.05) is 20.7 Å². The Bertz CT molecular complexity index is 767. The molecular formula is C17H25ClN2O5S. The van der Waals surface area contributed by atoms with Crippen molar-refractivity contribution in [3.63, 3.8) is 0 Å². The molecule has 0 atom stereocenters. The summed E-state index contributed by atoms with van der Waals surface area (Å²) in [4.78, 5) is 25.9. The first-order chi connectivity index (χ1) is 11.9. The number of carbonyl (C=O) groups is 2. The normalized spacial score (nSPS) is 11.9. The summed E-state index contributed by atoms with van der Waals surface area (Å²) in [6.45, 7) is 7.07. The number of hydrogen-bond donors (Lipinski definition) is 0. The maximum atomic E-state index is 12.3. The molecule has 0 bridgehead atoms. The number of hydrogen-bond acceptors (Lipinski definition) is 5. The van der Waals surface area contributed by atoms with Crippen molar-refractivity contribution in [3.8, 4) is 0 Å². The van der Waals surface area contributed by atoms with Gasteiger partial charge in [0.2, 0.25) is 10.0 Å². The molecule has 9 heteroatoms. The minimum atomic E-state index is -3.81. The maximum Gasteiger partial charge on any atom is 0.338 e. The van der Waals surface area contributed by atoms with Gasteiger partial charge < -0.3 is 9.64 Å². The number of ether oxygens (including phenoxy) is 1. The van der Waals surface area contributed by atoms with Gasteiger partial charge in [0.15, 0.2) is 6.61 Å². The number of benzene rings is 1. The molecule has 146 valence electrons. The van der Waals surface area contributed by atoms with Gasteiger partial charge in [0.1, 0.15) is 4.90 Å². The van der Waals surface area contributed by atoms with Gasteiger partial charge in [-0.05, 0) is 45.9 Å². The first-order valence-corrected chi connectivity index (χ1v) is 9.91. The summed E-state index contributed by atoms with van der Waals surface area (Å²) in [5.74, 6) is -1.11. The van der Waals surface area contributed by atoms with E-state index in [0.717, 1.165) is 10.4 Å². The Kier molecular flexibility index (Phi) is 7.61. The van der Waals surface area contributed by atoms with Gasteiger partial charge in [-0.15, -0.1) is 0 Å². The molecule has 1 rings (SSSR count). The number of esters is 1. The van der Waals surface area contributed by atoms with E-state index in [1.807, 2.05) is 27.7 Å². The Morgan fingerprint density at radius 1 is 1.12 bits per heavy atom. The van der Waals surface area contributed by atoms with Gasteiger partial charge in [-0.3, -0.25) is 4.79 Å². The average Bonchev–Trinajstić information content (AvgIpc) is 2.51. The molecular weight excluding hydrogens is 380 g/mol. The molecule has 0 aliphatic rings. The Morgan fingerprint density at radius 2 is 1.65 bits per heavy atom. The van der Waals surface area contributed by atoms with Gasteiger partial charge in [-0.25, -0.2) is 17.5 Å². The van der Waals surface area contributed by atoms with Crippen molar-refractivity contribution >= 4 is 33.5 Å². The molecule has 0 heterocycles. The van der Waals surface area contributed by atoms with Gasteiger partial charge >= 0.3 is 5.97 Å². The largest absolute Gasteiger partial charge is 0.452 e. The molecule has 26 heavy (non-hydrogen) atoms. The predicted molar refractivity (Wildman–Crippen MR) is 99.7 cm³/mol. The summed E-state index contributed by atoms with van der Waals surface area (Å²) in [6, 6.07) is 3.74. The zero-order valence-corrected chi connectivity index (χ0v) is 17.4. The summed E-state index contributed by atoms with van der Waals surface area (Å²) in [5.41, 5.74) is 0.00303. The molecule has 0 spiro atoms. The number of carbonyl (C=O) groups excluding carboxylic acids is 2. The number of sulfonamides is 1. The first-order valence-electron chi connectivity index (χ1n) is 8.10. The Hall–Kier alpha value is -1.64. The Labute approximate surface area is 159 Å². The molecule has 1 aromatic carbocycles. The second-order valence-corrected chi connectivity index (χ2v) is 9.02. The zero-order chi connectivity index (χ0) is 20.2. The summed E-state index contributed by atoms with van der Waals surface area (Å²) in [6.07, 6.45) is 0. The van der Waals surface area contributed by atoms with Crippen molar-refractivity contribution in [2.24, 2.45) is 0 Å². The van der Waals surface area contributed by atoms with E-state index >= 15 is 0 Å². The third-order valence-corrected chi connectivity index (χ3v) is 5.95. The van der Waals surface area contributed by atoms with E-state index in [0.29, 0.717) is 0 Å². The molecule has 0 unspecified atom stereocenters. The smallest absolute Gasteiger partial charge is 0.338 e. The molecule has 0 N–H and O–H groups in total. The highest BCUT2D eigenvalue weighted by Gasteiger charge is 2.24. The molecule has 0 saturated heterocycles. The van der Waals surface area contributed by atoms with Crippen molar-refractivity contribution in [2.45, 2.75) is 44.7 Å². The maximum absolute atomic E-state index is 12.3. The molecule has 0 aliphatic carbocycles. The lowest BCUT2D eigenvalue weighted by atomic mass is 10.2. The highest BCUT2D eigenvalue weighted by Crippen LogP contribution is 2.25. The second-order valence-electron chi connectivity index (χ2n) is 6.50. The lowest BCUT2D eigenvalue weighted by Crippen LogP contribution is -2.44. The molecule has 0 radical (unpaired) electrons. The zero-order valence-electron chi connectivity index (χ0n) is 15.8. The minimum absolute atomic E-state index is 0.00267. The lowest BCUT2D eigenvalue weighted by Gasteiger charge is -2.30. The highest BCUT2D eigenvalue weighted by molar-refractivity contribution is 7.89.